The van der Waals surface area contributed by atoms with Gasteiger partial charge in [-0.1, -0.05) is 12.1 Å². The van der Waals surface area contributed by atoms with Gasteiger partial charge in [-0.2, -0.15) is 8.42 Å². The molecule has 0 bridgehead atoms. The Morgan fingerprint density at radius 2 is 1.43 bits per heavy atom. The largest absolute Gasteiger partial charge is 0.494 e. The highest BCUT2D eigenvalue weighted by Gasteiger charge is 2.03. The quantitative estimate of drug-likeness (QED) is 0.212. The molecule has 0 saturated carbocycles. The van der Waals surface area contributed by atoms with Gasteiger partial charge in [-0.15, -0.1) is 0 Å². The van der Waals surface area contributed by atoms with E-state index in [4.69, 9.17) is 29.9 Å². The van der Waals surface area contributed by atoms with Crippen LogP contribution in [-0.4, -0.2) is 44.9 Å². The molecule has 0 unspecified atom stereocenters. The maximum atomic E-state index is 9.19. The highest BCUT2D eigenvalue weighted by atomic mass is 32.2. The molecule has 0 aromatic heterocycles. The lowest BCUT2D eigenvalue weighted by Crippen LogP contribution is -2.10. The van der Waals surface area contributed by atoms with Crippen LogP contribution in [0.4, 0.5) is 0 Å². The van der Waals surface area contributed by atoms with Crippen molar-refractivity contribution >= 4 is 16.0 Å². The van der Waals surface area contributed by atoms with Gasteiger partial charge in [0.25, 0.3) is 10.1 Å². The van der Waals surface area contributed by atoms with Gasteiger partial charge < -0.3 is 19.9 Å². The summed E-state index contributed by atoms with van der Waals surface area (Å²) in [6, 6.07) is 15.0. The second kappa shape index (κ2) is 13.4. The predicted octanol–water partition coefficient (Wildman–Crippen LogP) is 3.50. The van der Waals surface area contributed by atoms with Gasteiger partial charge in [0, 0.05) is 5.56 Å². The Bertz CT molecular complexity index is 861. The van der Waals surface area contributed by atoms with Crippen LogP contribution in [-0.2, 0) is 10.1 Å². The normalized spacial score (nSPS) is 10.5. The number of nitrogens with one attached hydrogen (secondary N) is 1. The number of nitrogen functional groups attached to an aromatic ring is 1. The Kier molecular flexibility index (Phi) is 11.3. The fraction of sp³-hybridized carbons (Fsp3) is 0.381. The van der Waals surface area contributed by atoms with Gasteiger partial charge in [0.05, 0.1) is 26.1 Å². The molecular weight excluding hydrogens is 408 g/mol. The summed E-state index contributed by atoms with van der Waals surface area (Å²) in [5, 5.41) is 7.35. The molecule has 2 aromatic carbocycles. The molecular formula is C21H30N2O6S. The summed E-state index contributed by atoms with van der Waals surface area (Å²) in [7, 11) is -3.67. The van der Waals surface area contributed by atoms with Crippen molar-refractivity contribution < 1.29 is 27.2 Å². The first kappa shape index (κ1) is 25.3. The van der Waals surface area contributed by atoms with Crippen LogP contribution in [0.1, 0.15) is 31.7 Å². The van der Waals surface area contributed by atoms with E-state index in [0.717, 1.165) is 36.5 Å². The van der Waals surface area contributed by atoms with Crippen LogP contribution >= 0.6 is 0 Å². The first-order chi connectivity index (χ1) is 14.2. The van der Waals surface area contributed by atoms with E-state index in [2.05, 4.69) is 0 Å². The summed E-state index contributed by atoms with van der Waals surface area (Å²) < 4.78 is 42.9. The number of benzene rings is 2. The minimum Gasteiger partial charge on any atom is -0.494 e. The van der Waals surface area contributed by atoms with Crippen LogP contribution in [0.3, 0.4) is 0 Å². The van der Waals surface area contributed by atoms with Gasteiger partial charge in [-0.3, -0.25) is 9.96 Å². The molecule has 2 aromatic rings. The number of nitrogens with two attached hydrogens (primary N) is 1. The highest BCUT2D eigenvalue weighted by Crippen LogP contribution is 2.26. The molecule has 0 atom stereocenters. The van der Waals surface area contributed by atoms with Gasteiger partial charge in [0.2, 0.25) is 0 Å². The van der Waals surface area contributed by atoms with Crippen molar-refractivity contribution in [3.05, 3.63) is 54.1 Å². The number of unbranched alkanes of at least 4 members (excludes halogenated alkanes) is 2. The molecule has 8 nitrogen and oxygen atoms in total. The van der Waals surface area contributed by atoms with Crippen molar-refractivity contribution in [2.45, 2.75) is 26.2 Å². The van der Waals surface area contributed by atoms with Crippen LogP contribution in [0.25, 0.3) is 0 Å². The molecule has 2 rings (SSSR count). The molecule has 0 aliphatic rings. The van der Waals surface area contributed by atoms with E-state index in [1.807, 2.05) is 43.3 Å². The van der Waals surface area contributed by atoms with Crippen molar-refractivity contribution in [1.29, 1.82) is 5.41 Å². The zero-order valence-electron chi connectivity index (χ0n) is 17.3. The van der Waals surface area contributed by atoms with Crippen LogP contribution in [0.5, 0.6) is 17.2 Å². The van der Waals surface area contributed by atoms with E-state index in [-0.39, 0.29) is 5.84 Å². The molecule has 30 heavy (non-hydrogen) atoms. The molecule has 0 heterocycles. The second-order valence-electron chi connectivity index (χ2n) is 6.31. The molecule has 0 saturated heterocycles. The van der Waals surface area contributed by atoms with Crippen LogP contribution in [0, 0.1) is 5.41 Å². The number of ether oxygens (including phenoxy) is 3. The van der Waals surface area contributed by atoms with Gasteiger partial charge in [0.1, 0.15) is 11.6 Å². The number of amidine groups is 1. The fourth-order valence-corrected chi connectivity index (χ4v) is 2.33. The third kappa shape index (κ3) is 11.9. The summed E-state index contributed by atoms with van der Waals surface area (Å²) in [4.78, 5) is 0. The minimum atomic E-state index is -3.67. The maximum absolute atomic E-state index is 9.19. The fourth-order valence-electron chi connectivity index (χ4n) is 2.33. The maximum Gasteiger partial charge on any atom is 0.261 e. The molecule has 0 amide bonds. The Hall–Kier alpha value is -2.78. The molecule has 4 N–H and O–H groups in total. The van der Waals surface area contributed by atoms with Crippen molar-refractivity contribution in [1.82, 2.24) is 0 Å². The van der Waals surface area contributed by atoms with Crippen LogP contribution in [0.2, 0.25) is 0 Å². The number of hydrogen-bond acceptors (Lipinski definition) is 6. The first-order valence-corrected chi connectivity index (χ1v) is 11.4. The van der Waals surface area contributed by atoms with Crippen molar-refractivity contribution in [2.75, 3.05) is 26.1 Å². The van der Waals surface area contributed by atoms with Crippen molar-refractivity contribution in [2.24, 2.45) is 5.73 Å². The lowest BCUT2D eigenvalue weighted by molar-refractivity contribution is 0.261. The molecule has 0 aliphatic carbocycles. The summed E-state index contributed by atoms with van der Waals surface area (Å²) in [6.07, 6.45) is 3.67. The lowest BCUT2D eigenvalue weighted by atomic mass is 10.2. The molecule has 0 spiro atoms. The SMILES string of the molecule is CCOc1ccccc1OCCCCCOc1ccc(C(=N)N)cc1.CS(=O)(=O)O. The molecule has 9 heteroatoms. The topological polar surface area (TPSA) is 132 Å². The Morgan fingerprint density at radius 3 is 1.93 bits per heavy atom. The highest BCUT2D eigenvalue weighted by molar-refractivity contribution is 7.85. The Morgan fingerprint density at radius 1 is 0.933 bits per heavy atom. The van der Waals surface area contributed by atoms with Gasteiger partial charge >= 0.3 is 0 Å². The summed E-state index contributed by atoms with van der Waals surface area (Å²) >= 11 is 0. The zero-order valence-corrected chi connectivity index (χ0v) is 18.2. The smallest absolute Gasteiger partial charge is 0.261 e. The van der Waals surface area contributed by atoms with Gasteiger partial charge in [0.15, 0.2) is 11.5 Å². The molecule has 0 radical (unpaired) electrons. The van der Waals surface area contributed by atoms with Crippen LogP contribution < -0.4 is 19.9 Å². The van der Waals surface area contributed by atoms with Crippen molar-refractivity contribution in [3.63, 3.8) is 0 Å². The summed E-state index contributed by atoms with van der Waals surface area (Å²) in [6.45, 7) is 3.92. The third-order valence-electron chi connectivity index (χ3n) is 3.63. The summed E-state index contributed by atoms with van der Waals surface area (Å²) in [5.74, 6) is 2.46. The van der Waals surface area contributed by atoms with E-state index in [9.17, 15) is 8.42 Å². The van der Waals surface area contributed by atoms with E-state index in [1.54, 1.807) is 12.1 Å². The third-order valence-corrected chi connectivity index (χ3v) is 3.63. The average Bonchev–Trinajstić information content (AvgIpc) is 2.68. The van der Waals surface area contributed by atoms with Gasteiger partial charge in [-0.05, 0) is 62.6 Å². The van der Waals surface area contributed by atoms with E-state index in [1.165, 1.54) is 0 Å². The molecule has 166 valence electrons. The van der Waals surface area contributed by atoms with E-state index < -0.39 is 10.1 Å². The minimum absolute atomic E-state index is 0.0671. The number of rotatable bonds is 11. The van der Waals surface area contributed by atoms with Gasteiger partial charge in [-0.25, -0.2) is 0 Å². The standard InChI is InChI=1S/C20H26N2O3.CH4O3S/c1-2-23-18-8-4-5-9-19(18)25-15-7-3-6-14-24-17-12-10-16(11-13-17)20(21)22;1-5(2,3)4/h4-5,8-13H,2-3,6-7,14-15H2,1H3,(H3,21,22);1H3,(H,2,3,4). The zero-order chi connectivity index (χ0) is 22.4. The molecule has 0 fully saturated rings. The van der Waals surface area contributed by atoms with E-state index in [0.29, 0.717) is 31.6 Å². The predicted molar refractivity (Wildman–Crippen MR) is 117 cm³/mol. The lowest BCUT2D eigenvalue weighted by Gasteiger charge is -2.11. The second-order valence-corrected chi connectivity index (χ2v) is 7.77. The Balaban J connectivity index is 0.000000804. The molecule has 0 aliphatic heterocycles. The van der Waals surface area contributed by atoms with Crippen LogP contribution in [0.15, 0.2) is 48.5 Å². The Labute approximate surface area is 178 Å². The van der Waals surface area contributed by atoms with E-state index >= 15 is 0 Å². The monoisotopic (exact) mass is 438 g/mol. The number of para-hydroxylation sites is 2. The number of hydrogen-bond donors (Lipinski definition) is 3. The first-order valence-electron chi connectivity index (χ1n) is 9.55. The average molecular weight is 439 g/mol. The summed E-state index contributed by atoms with van der Waals surface area (Å²) in [5.41, 5.74) is 6.13. The van der Waals surface area contributed by atoms with Crippen molar-refractivity contribution in [3.8, 4) is 17.2 Å².